The SMILES string of the molecule is OP(O)(O)(C1CCCCC1)C1(CCCl)CCCCC1. The van der Waals surface area contributed by atoms with Gasteiger partial charge < -0.3 is 0 Å². The van der Waals surface area contributed by atoms with Gasteiger partial charge in [-0.2, -0.15) is 0 Å². The Morgan fingerprint density at radius 3 is 1.95 bits per heavy atom. The Kier molecular flexibility index (Phi) is 4.85. The molecule has 0 atom stereocenters. The number of hydrogen-bond donors (Lipinski definition) is 3. The molecule has 0 aliphatic heterocycles. The molecular weight excluding hydrogens is 283 g/mol. The van der Waals surface area contributed by atoms with Gasteiger partial charge in [0, 0.05) is 0 Å². The zero-order valence-electron chi connectivity index (χ0n) is 11.7. The molecule has 3 nitrogen and oxygen atoms in total. The summed E-state index contributed by atoms with van der Waals surface area (Å²) in [5.74, 6) is 0.395. The first-order chi connectivity index (χ1) is 8.91. The third-order valence-corrected chi connectivity index (χ3v) is 10.0. The molecule has 2 fully saturated rings. The van der Waals surface area contributed by atoms with E-state index in [2.05, 4.69) is 0 Å². The van der Waals surface area contributed by atoms with Crippen molar-refractivity contribution < 1.29 is 14.7 Å². The topological polar surface area (TPSA) is 60.7 Å². The Bertz CT molecular complexity index is 296. The monoisotopic (exact) mass is 310 g/mol. The molecule has 114 valence electrons. The maximum absolute atomic E-state index is 11.0. The number of rotatable bonds is 4. The molecule has 0 aromatic rings. The van der Waals surface area contributed by atoms with Crippen molar-refractivity contribution in [3.63, 3.8) is 0 Å². The Morgan fingerprint density at radius 2 is 1.42 bits per heavy atom. The van der Waals surface area contributed by atoms with E-state index in [9.17, 15) is 14.7 Å². The molecule has 2 aliphatic rings. The second kappa shape index (κ2) is 5.77. The van der Waals surface area contributed by atoms with Gasteiger partial charge in [-0.25, -0.2) is 0 Å². The summed E-state index contributed by atoms with van der Waals surface area (Å²) in [6, 6.07) is 0. The summed E-state index contributed by atoms with van der Waals surface area (Å²) in [7, 11) is -4.65. The van der Waals surface area contributed by atoms with Gasteiger partial charge in [0.05, 0.1) is 0 Å². The van der Waals surface area contributed by atoms with Crippen LogP contribution < -0.4 is 0 Å². The van der Waals surface area contributed by atoms with Crippen LogP contribution in [0, 0.1) is 0 Å². The van der Waals surface area contributed by atoms with Crippen LogP contribution in [0.5, 0.6) is 0 Å². The van der Waals surface area contributed by atoms with E-state index in [4.69, 9.17) is 11.6 Å². The van der Waals surface area contributed by atoms with Crippen molar-refractivity contribution in [3.05, 3.63) is 0 Å². The van der Waals surface area contributed by atoms with Crippen LogP contribution in [0.3, 0.4) is 0 Å². The van der Waals surface area contributed by atoms with E-state index >= 15 is 0 Å². The first-order valence-corrected chi connectivity index (χ1v) is 10.4. The molecule has 2 aliphatic carbocycles. The van der Waals surface area contributed by atoms with Gasteiger partial charge in [0.1, 0.15) is 0 Å². The average molecular weight is 311 g/mol. The number of alkyl halides is 1. The van der Waals surface area contributed by atoms with Crippen LogP contribution in [-0.2, 0) is 0 Å². The molecule has 0 spiro atoms. The van der Waals surface area contributed by atoms with Gasteiger partial charge in [0.2, 0.25) is 0 Å². The molecule has 5 heteroatoms. The number of hydrogen-bond acceptors (Lipinski definition) is 3. The van der Waals surface area contributed by atoms with Crippen molar-refractivity contribution in [1.29, 1.82) is 0 Å². The first-order valence-electron chi connectivity index (χ1n) is 7.73. The molecular formula is C14H28ClO3P. The summed E-state index contributed by atoms with van der Waals surface area (Å²) >= 11 is 5.92. The van der Waals surface area contributed by atoms with Crippen LogP contribution in [0.2, 0.25) is 0 Å². The van der Waals surface area contributed by atoms with Crippen molar-refractivity contribution in [2.45, 2.75) is 81.4 Å². The number of halogens is 1. The van der Waals surface area contributed by atoms with Crippen molar-refractivity contribution >= 4 is 18.9 Å². The quantitative estimate of drug-likeness (QED) is 0.544. The van der Waals surface area contributed by atoms with E-state index in [0.717, 1.165) is 64.2 Å². The van der Waals surface area contributed by atoms with E-state index in [-0.39, 0.29) is 5.66 Å². The second-order valence-corrected chi connectivity index (χ2v) is 10.7. The fourth-order valence-corrected chi connectivity index (χ4v) is 8.52. The maximum atomic E-state index is 11.0. The zero-order valence-corrected chi connectivity index (χ0v) is 13.4. The Hall–Kier alpha value is 0.600. The van der Waals surface area contributed by atoms with Crippen LogP contribution in [0.25, 0.3) is 0 Å². The molecule has 2 saturated carbocycles. The molecule has 0 radical (unpaired) electrons. The summed E-state index contributed by atoms with van der Waals surface area (Å²) in [6.07, 6.45) is 9.71. The zero-order chi connectivity index (χ0) is 14.0. The molecule has 19 heavy (non-hydrogen) atoms. The van der Waals surface area contributed by atoms with E-state index in [1.54, 1.807) is 0 Å². The third kappa shape index (κ3) is 2.82. The van der Waals surface area contributed by atoms with Crippen molar-refractivity contribution in [3.8, 4) is 0 Å². The molecule has 0 saturated heterocycles. The summed E-state index contributed by atoms with van der Waals surface area (Å²) in [5.41, 5.74) is -0.305. The van der Waals surface area contributed by atoms with Crippen LogP contribution in [0.15, 0.2) is 0 Å². The Labute approximate surface area is 121 Å². The van der Waals surface area contributed by atoms with E-state index < -0.39 is 12.4 Å². The van der Waals surface area contributed by atoms with Crippen molar-refractivity contribution in [2.24, 2.45) is 0 Å². The molecule has 2 rings (SSSR count). The minimum atomic E-state index is -4.65. The van der Waals surface area contributed by atoms with Gasteiger partial charge in [-0.05, 0) is 0 Å². The predicted molar refractivity (Wildman–Crippen MR) is 81.6 cm³/mol. The van der Waals surface area contributed by atoms with Gasteiger partial charge in [-0.1, -0.05) is 0 Å². The molecule has 0 unspecified atom stereocenters. The van der Waals surface area contributed by atoms with Crippen LogP contribution >= 0.6 is 18.9 Å². The molecule has 0 heterocycles. The predicted octanol–water partition coefficient (Wildman–Crippen LogP) is 3.93. The molecule has 0 bridgehead atoms. The van der Waals surface area contributed by atoms with Gasteiger partial charge in [0.25, 0.3) is 0 Å². The van der Waals surface area contributed by atoms with Crippen LogP contribution in [0.1, 0.15) is 70.6 Å². The fourth-order valence-electron chi connectivity index (χ4n) is 4.22. The van der Waals surface area contributed by atoms with Crippen molar-refractivity contribution in [2.75, 3.05) is 5.88 Å². The Morgan fingerprint density at radius 1 is 0.895 bits per heavy atom. The van der Waals surface area contributed by atoms with E-state index in [1.807, 2.05) is 0 Å². The van der Waals surface area contributed by atoms with E-state index in [1.165, 1.54) is 0 Å². The van der Waals surface area contributed by atoms with Crippen molar-refractivity contribution in [1.82, 2.24) is 0 Å². The van der Waals surface area contributed by atoms with Crippen LogP contribution in [-0.4, -0.2) is 31.4 Å². The minimum absolute atomic E-state index is 0.305. The molecule has 3 N–H and O–H groups in total. The van der Waals surface area contributed by atoms with Crippen LogP contribution in [0.4, 0.5) is 0 Å². The fraction of sp³-hybridized carbons (Fsp3) is 1.00. The summed E-state index contributed by atoms with van der Waals surface area (Å²) < 4.78 is 0. The summed E-state index contributed by atoms with van der Waals surface area (Å²) in [6.45, 7) is 0. The molecule has 0 amide bonds. The molecule has 0 aromatic heterocycles. The average Bonchev–Trinajstić information content (AvgIpc) is 2.40. The second-order valence-electron chi connectivity index (χ2n) is 6.56. The Balaban J connectivity index is 2.30. The molecule has 0 aromatic carbocycles. The summed E-state index contributed by atoms with van der Waals surface area (Å²) in [4.78, 5) is 33.0. The normalized spacial score (nSPS) is 27.7. The standard InChI is InChI=1S/C14H28ClO3P/c15-12-11-14(9-5-2-6-10-14)19(16,17,18)13-7-3-1-4-8-13/h13,16-18H,1-12H2. The van der Waals surface area contributed by atoms with Gasteiger partial charge in [0.15, 0.2) is 0 Å². The van der Waals surface area contributed by atoms with Gasteiger partial charge in [-0.15, -0.1) is 0 Å². The van der Waals surface area contributed by atoms with Gasteiger partial charge >= 0.3 is 121 Å². The summed E-state index contributed by atoms with van der Waals surface area (Å²) in [5, 5.41) is -0.715. The third-order valence-electron chi connectivity index (χ3n) is 5.50. The van der Waals surface area contributed by atoms with Gasteiger partial charge in [-0.3, -0.25) is 0 Å². The first kappa shape index (κ1) is 16.0. The van der Waals surface area contributed by atoms with E-state index in [0.29, 0.717) is 12.3 Å².